The lowest BCUT2D eigenvalue weighted by atomic mass is 10.2. The zero-order valence-corrected chi connectivity index (χ0v) is 17.7. The molecule has 31 heavy (non-hydrogen) atoms. The first-order valence-corrected chi connectivity index (χ1v) is 10.4. The lowest BCUT2D eigenvalue weighted by Gasteiger charge is -2.16. The molecule has 0 bridgehead atoms. The molecule has 0 saturated carbocycles. The van der Waals surface area contributed by atoms with Crippen LogP contribution < -0.4 is 4.90 Å². The number of oxazole rings is 1. The van der Waals surface area contributed by atoms with Crippen LogP contribution in [0.4, 0.5) is 5.95 Å². The Morgan fingerprint density at radius 3 is 2.65 bits per heavy atom. The van der Waals surface area contributed by atoms with Gasteiger partial charge in [0.1, 0.15) is 11.6 Å². The number of halogens is 2. The number of carbonyl (C=O) groups excluding carboxylic acids is 1. The lowest BCUT2D eigenvalue weighted by molar-refractivity contribution is 0.0348. The Morgan fingerprint density at radius 1 is 1.10 bits per heavy atom. The van der Waals surface area contributed by atoms with E-state index in [0.29, 0.717) is 57.1 Å². The number of hydrogen-bond acceptors (Lipinski definition) is 7. The third kappa shape index (κ3) is 4.19. The number of nitrogens with zero attached hydrogens (tertiary/aromatic N) is 4. The quantitative estimate of drug-likeness (QED) is 0.400. The highest BCUT2D eigenvalue weighted by atomic mass is 35.5. The van der Waals surface area contributed by atoms with E-state index >= 15 is 0 Å². The third-order valence-corrected chi connectivity index (χ3v) is 5.42. The number of carbonyl (C=O) groups is 1. The number of rotatable bonds is 4. The molecule has 1 aliphatic rings. The number of fused-ring (bicyclic) bond motifs is 1. The first-order valence-electron chi connectivity index (χ1n) is 9.65. The fraction of sp³-hybridized carbons (Fsp3) is 0.182. The molecular formula is C22H16Cl2N4O3. The average molecular weight is 455 g/mol. The second-order valence-corrected chi connectivity index (χ2v) is 8.04. The molecule has 4 aromatic rings. The molecule has 0 aliphatic carbocycles. The van der Waals surface area contributed by atoms with E-state index < -0.39 is 5.97 Å². The van der Waals surface area contributed by atoms with Crippen LogP contribution in [0.5, 0.6) is 0 Å². The number of aromatic nitrogens is 3. The van der Waals surface area contributed by atoms with E-state index in [-0.39, 0.29) is 6.10 Å². The van der Waals surface area contributed by atoms with Gasteiger partial charge in [0.2, 0.25) is 11.8 Å². The molecule has 0 N–H and O–H groups in total. The van der Waals surface area contributed by atoms with Crippen LogP contribution in [-0.2, 0) is 4.74 Å². The van der Waals surface area contributed by atoms with E-state index in [0.717, 1.165) is 6.54 Å². The summed E-state index contributed by atoms with van der Waals surface area (Å²) in [6, 6.07) is 11.9. The van der Waals surface area contributed by atoms with Crippen LogP contribution in [0.2, 0.25) is 10.0 Å². The van der Waals surface area contributed by atoms with Crippen molar-refractivity contribution in [3.63, 3.8) is 0 Å². The smallest absolute Gasteiger partial charge is 0.338 e. The summed E-state index contributed by atoms with van der Waals surface area (Å²) in [7, 11) is 0. The maximum atomic E-state index is 12.7. The van der Waals surface area contributed by atoms with Gasteiger partial charge in [-0.15, -0.1) is 0 Å². The van der Waals surface area contributed by atoms with Gasteiger partial charge in [-0.1, -0.05) is 23.2 Å². The molecule has 9 heteroatoms. The first-order chi connectivity index (χ1) is 15.0. The Morgan fingerprint density at radius 2 is 1.87 bits per heavy atom. The minimum absolute atomic E-state index is 0.231. The van der Waals surface area contributed by atoms with Crippen molar-refractivity contribution >= 4 is 46.2 Å². The van der Waals surface area contributed by atoms with Crippen LogP contribution in [0.1, 0.15) is 16.8 Å². The Kier molecular flexibility index (Phi) is 5.21. The normalized spacial score (nSPS) is 16.1. The Hall–Kier alpha value is -3.16. The molecule has 1 unspecified atom stereocenters. The summed E-state index contributed by atoms with van der Waals surface area (Å²) in [5.74, 6) is 0.600. The van der Waals surface area contributed by atoms with Crippen molar-refractivity contribution in [1.29, 1.82) is 0 Å². The van der Waals surface area contributed by atoms with Crippen LogP contribution >= 0.6 is 23.2 Å². The van der Waals surface area contributed by atoms with Gasteiger partial charge in [-0.2, -0.15) is 0 Å². The minimum atomic E-state index is -0.411. The summed E-state index contributed by atoms with van der Waals surface area (Å²) in [5.41, 5.74) is 2.16. The van der Waals surface area contributed by atoms with E-state index in [9.17, 15) is 4.79 Å². The highest BCUT2D eigenvalue weighted by Gasteiger charge is 2.27. The molecule has 2 aromatic heterocycles. The van der Waals surface area contributed by atoms with Crippen molar-refractivity contribution < 1.29 is 13.9 Å². The first kappa shape index (κ1) is 19.8. The van der Waals surface area contributed by atoms with E-state index in [4.69, 9.17) is 32.4 Å². The summed E-state index contributed by atoms with van der Waals surface area (Å²) in [5, 5.41) is 0.973. The maximum Gasteiger partial charge on any atom is 0.338 e. The standard InChI is InChI=1S/C22H16Cl2N4O3/c23-15-8-14(9-16(24)11-15)20-27-18-3-2-13(10-19(18)31-20)21(29)30-17-4-7-28(12-17)22-25-5-1-6-26-22/h1-3,5-6,8-11,17H,4,7,12H2. The van der Waals surface area contributed by atoms with E-state index in [1.807, 2.05) is 4.90 Å². The number of benzene rings is 2. The topological polar surface area (TPSA) is 81.4 Å². The second kappa shape index (κ2) is 8.17. The van der Waals surface area contributed by atoms with E-state index in [1.165, 1.54) is 0 Å². The molecule has 1 aliphatic heterocycles. The molecule has 5 rings (SSSR count). The van der Waals surface area contributed by atoms with Gasteiger partial charge in [0, 0.05) is 41.0 Å². The van der Waals surface area contributed by atoms with Crippen LogP contribution in [0.3, 0.4) is 0 Å². The minimum Gasteiger partial charge on any atom is -0.457 e. The SMILES string of the molecule is O=C(OC1CCN(c2ncccn2)C1)c1ccc2nc(-c3cc(Cl)cc(Cl)c3)oc2c1. The third-order valence-electron chi connectivity index (χ3n) is 4.99. The van der Waals surface area contributed by atoms with Crippen LogP contribution in [-0.4, -0.2) is 40.1 Å². The van der Waals surface area contributed by atoms with Gasteiger partial charge < -0.3 is 14.1 Å². The summed E-state index contributed by atoms with van der Waals surface area (Å²) < 4.78 is 11.5. The van der Waals surface area contributed by atoms with Gasteiger partial charge in [0.15, 0.2) is 5.58 Å². The number of hydrogen-bond donors (Lipinski definition) is 0. The molecule has 1 atom stereocenters. The van der Waals surface area contributed by atoms with Gasteiger partial charge in [-0.3, -0.25) is 0 Å². The number of anilines is 1. The average Bonchev–Trinajstić information content (AvgIpc) is 3.40. The van der Waals surface area contributed by atoms with Crippen molar-refractivity contribution in [2.45, 2.75) is 12.5 Å². The van der Waals surface area contributed by atoms with Crippen molar-refractivity contribution in [3.05, 3.63) is 70.5 Å². The van der Waals surface area contributed by atoms with Gasteiger partial charge in [-0.25, -0.2) is 19.7 Å². The summed E-state index contributed by atoms with van der Waals surface area (Å²) in [4.78, 5) is 27.6. The van der Waals surface area contributed by atoms with E-state index in [1.54, 1.807) is 54.9 Å². The molecular weight excluding hydrogens is 439 g/mol. The summed E-state index contributed by atoms with van der Waals surface area (Å²) >= 11 is 12.1. The van der Waals surface area contributed by atoms with Crippen molar-refractivity contribution in [2.75, 3.05) is 18.0 Å². The highest BCUT2D eigenvalue weighted by molar-refractivity contribution is 6.35. The molecule has 0 spiro atoms. The summed E-state index contributed by atoms with van der Waals surface area (Å²) in [6.07, 6.45) is 3.87. The zero-order chi connectivity index (χ0) is 21.4. The maximum absolute atomic E-state index is 12.7. The monoisotopic (exact) mass is 454 g/mol. The van der Waals surface area contributed by atoms with Gasteiger partial charge in [0.05, 0.1) is 12.1 Å². The van der Waals surface area contributed by atoms with Crippen LogP contribution in [0, 0.1) is 0 Å². The zero-order valence-electron chi connectivity index (χ0n) is 16.2. The summed E-state index contributed by atoms with van der Waals surface area (Å²) in [6.45, 7) is 1.29. The van der Waals surface area contributed by atoms with Gasteiger partial charge in [0.25, 0.3) is 0 Å². The highest BCUT2D eigenvalue weighted by Crippen LogP contribution is 2.30. The molecule has 3 heterocycles. The molecule has 156 valence electrons. The lowest BCUT2D eigenvalue weighted by Crippen LogP contribution is -2.26. The predicted molar refractivity (Wildman–Crippen MR) is 118 cm³/mol. The van der Waals surface area contributed by atoms with Gasteiger partial charge in [-0.05, 0) is 42.5 Å². The van der Waals surface area contributed by atoms with Crippen LogP contribution in [0.15, 0.2) is 59.3 Å². The number of esters is 1. The second-order valence-electron chi connectivity index (χ2n) is 7.17. The Bertz CT molecular complexity index is 1240. The fourth-order valence-corrected chi connectivity index (χ4v) is 4.06. The molecule has 0 amide bonds. The van der Waals surface area contributed by atoms with E-state index in [2.05, 4.69) is 15.0 Å². The van der Waals surface area contributed by atoms with Crippen molar-refractivity contribution in [2.24, 2.45) is 0 Å². The fourth-order valence-electron chi connectivity index (χ4n) is 3.53. The van der Waals surface area contributed by atoms with Gasteiger partial charge >= 0.3 is 5.97 Å². The molecule has 1 saturated heterocycles. The largest absolute Gasteiger partial charge is 0.457 e. The van der Waals surface area contributed by atoms with Crippen LogP contribution in [0.25, 0.3) is 22.6 Å². The number of ether oxygens (including phenoxy) is 1. The molecule has 1 fully saturated rings. The molecule has 0 radical (unpaired) electrons. The Labute approximate surface area is 187 Å². The molecule has 2 aromatic carbocycles. The Balaban J connectivity index is 1.32. The van der Waals surface area contributed by atoms with Crippen molar-refractivity contribution in [1.82, 2.24) is 15.0 Å². The predicted octanol–water partition coefficient (Wildman–Crippen LogP) is 5.03. The van der Waals surface area contributed by atoms with Crippen molar-refractivity contribution in [3.8, 4) is 11.5 Å². The molecule has 7 nitrogen and oxygen atoms in total.